The number of carbonyl (C=O) groups is 1. The van der Waals surface area contributed by atoms with Gasteiger partial charge in [-0.15, -0.1) is 0 Å². The Morgan fingerprint density at radius 2 is 2.38 bits per heavy atom. The number of amides is 1. The van der Waals surface area contributed by atoms with Crippen molar-refractivity contribution in [3.05, 3.63) is 18.2 Å². The van der Waals surface area contributed by atoms with E-state index in [9.17, 15) is 4.79 Å². The van der Waals surface area contributed by atoms with E-state index in [2.05, 4.69) is 17.1 Å². The van der Waals surface area contributed by atoms with Crippen molar-refractivity contribution in [1.82, 2.24) is 4.90 Å². The zero-order valence-electron chi connectivity index (χ0n) is 12.6. The number of benzene rings is 1. The number of nitrogens with two attached hydrogens (primary N) is 1. The lowest BCUT2D eigenvalue weighted by Crippen LogP contribution is -2.48. The quantitative estimate of drug-likeness (QED) is 0.801. The molecule has 21 heavy (non-hydrogen) atoms. The molecule has 6 heteroatoms. The molecule has 1 unspecified atom stereocenters. The SMILES string of the molecule is CCC1COCCN1CC(=O)Nc1ccc(N)cc1OC. The van der Waals surface area contributed by atoms with E-state index >= 15 is 0 Å². The number of hydrogen-bond donors (Lipinski definition) is 2. The molecule has 116 valence electrons. The van der Waals surface area contributed by atoms with Gasteiger partial charge in [0.05, 0.1) is 32.6 Å². The van der Waals surface area contributed by atoms with Crippen molar-refractivity contribution in [2.24, 2.45) is 0 Å². The number of rotatable bonds is 5. The zero-order chi connectivity index (χ0) is 15.2. The first-order valence-electron chi connectivity index (χ1n) is 7.19. The molecule has 0 saturated carbocycles. The van der Waals surface area contributed by atoms with Crippen LogP contribution in [0.25, 0.3) is 0 Å². The number of hydrogen-bond acceptors (Lipinski definition) is 5. The minimum Gasteiger partial charge on any atom is -0.494 e. The number of carbonyl (C=O) groups excluding carboxylic acids is 1. The predicted molar refractivity (Wildman–Crippen MR) is 82.5 cm³/mol. The van der Waals surface area contributed by atoms with Gasteiger partial charge in [-0.2, -0.15) is 0 Å². The molecule has 1 aromatic rings. The summed E-state index contributed by atoms with van der Waals surface area (Å²) < 4.78 is 10.7. The van der Waals surface area contributed by atoms with Crippen molar-refractivity contribution in [1.29, 1.82) is 0 Å². The van der Waals surface area contributed by atoms with E-state index in [0.29, 0.717) is 42.9 Å². The number of nitrogen functional groups attached to an aromatic ring is 1. The fourth-order valence-corrected chi connectivity index (χ4v) is 2.46. The van der Waals surface area contributed by atoms with E-state index < -0.39 is 0 Å². The molecule has 1 aliphatic rings. The van der Waals surface area contributed by atoms with Gasteiger partial charge in [0.2, 0.25) is 5.91 Å². The second-order valence-electron chi connectivity index (χ2n) is 5.12. The van der Waals surface area contributed by atoms with Crippen LogP contribution in [0.1, 0.15) is 13.3 Å². The average molecular weight is 293 g/mol. The van der Waals surface area contributed by atoms with Crippen LogP contribution >= 0.6 is 0 Å². The molecule has 0 radical (unpaired) electrons. The fraction of sp³-hybridized carbons (Fsp3) is 0.533. The van der Waals surface area contributed by atoms with Crippen LogP contribution < -0.4 is 15.8 Å². The Balaban J connectivity index is 1.98. The zero-order valence-corrected chi connectivity index (χ0v) is 12.6. The highest BCUT2D eigenvalue weighted by Gasteiger charge is 2.23. The van der Waals surface area contributed by atoms with Gasteiger partial charge in [0, 0.05) is 24.3 Å². The lowest BCUT2D eigenvalue weighted by atomic mass is 10.2. The molecule has 6 nitrogen and oxygen atoms in total. The summed E-state index contributed by atoms with van der Waals surface area (Å²) in [5.41, 5.74) is 6.94. The van der Waals surface area contributed by atoms with Crippen LogP contribution in [-0.4, -0.2) is 50.3 Å². The third-order valence-electron chi connectivity index (χ3n) is 3.67. The third-order valence-corrected chi connectivity index (χ3v) is 3.67. The molecule has 0 aromatic heterocycles. The lowest BCUT2D eigenvalue weighted by molar-refractivity contribution is -0.119. The second-order valence-corrected chi connectivity index (χ2v) is 5.12. The first-order chi connectivity index (χ1) is 10.1. The normalized spacial score (nSPS) is 19.2. The second kappa shape index (κ2) is 7.28. The molecular weight excluding hydrogens is 270 g/mol. The Kier molecular flexibility index (Phi) is 5.41. The maximum absolute atomic E-state index is 12.2. The summed E-state index contributed by atoms with van der Waals surface area (Å²) in [5, 5.41) is 2.88. The van der Waals surface area contributed by atoms with Crippen molar-refractivity contribution in [2.45, 2.75) is 19.4 Å². The molecule has 1 heterocycles. The molecule has 0 bridgehead atoms. The molecule has 0 aliphatic carbocycles. The molecule has 0 spiro atoms. The third kappa shape index (κ3) is 4.09. The van der Waals surface area contributed by atoms with Crippen molar-refractivity contribution in [3.63, 3.8) is 0 Å². The van der Waals surface area contributed by atoms with Crippen LogP contribution in [0, 0.1) is 0 Å². The van der Waals surface area contributed by atoms with Gasteiger partial charge in [-0.1, -0.05) is 6.92 Å². The first kappa shape index (κ1) is 15.6. The number of methoxy groups -OCH3 is 1. The van der Waals surface area contributed by atoms with Gasteiger partial charge in [0.25, 0.3) is 0 Å². The van der Waals surface area contributed by atoms with Crippen molar-refractivity contribution < 1.29 is 14.3 Å². The van der Waals surface area contributed by atoms with E-state index in [1.54, 1.807) is 25.3 Å². The topological polar surface area (TPSA) is 76.8 Å². The number of morpholine rings is 1. The fourth-order valence-electron chi connectivity index (χ4n) is 2.46. The Morgan fingerprint density at radius 1 is 1.57 bits per heavy atom. The summed E-state index contributed by atoms with van der Waals surface area (Å²) >= 11 is 0. The lowest BCUT2D eigenvalue weighted by Gasteiger charge is -2.34. The summed E-state index contributed by atoms with van der Waals surface area (Å²) in [6.45, 7) is 4.61. The summed E-state index contributed by atoms with van der Waals surface area (Å²) in [7, 11) is 1.56. The Labute approximate surface area is 125 Å². The molecule has 2 rings (SSSR count). The number of ether oxygens (including phenoxy) is 2. The predicted octanol–water partition coefficient (Wildman–Crippen LogP) is 1.33. The minimum absolute atomic E-state index is 0.0570. The number of nitrogens with one attached hydrogen (secondary N) is 1. The summed E-state index contributed by atoms with van der Waals surface area (Å²) in [4.78, 5) is 14.4. The monoisotopic (exact) mass is 293 g/mol. The van der Waals surface area contributed by atoms with Crippen molar-refractivity contribution in [3.8, 4) is 5.75 Å². The molecule has 1 aliphatic heterocycles. The molecule has 1 fully saturated rings. The smallest absolute Gasteiger partial charge is 0.238 e. The van der Waals surface area contributed by atoms with Crippen LogP contribution in [-0.2, 0) is 9.53 Å². The van der Waals surface area contributed by atoms with E-state index in [1.165, 1.54) is 0 Å². The maximum atomic E-state index is 12.2. The molecule has 1 aromatic carbocycles. The van der Waals surface area contributed by atoms with Gasteiger partial charge < -0.3 is 20.5 Å². The summed E-state index contributed by atoms with van der Waals surface area (Å²) in [6, 6.07) is 5.49. The van der Waals surface area contributed by atoms with E-state index in [0.717, 1.165) is 13.0 Å². The van der Waals surface area contributed by atoms with E-state index in [-0.39, 0.29) is 5.91 Å². The van der Waals surface area contributed by atoms with Crippen LogP contribution in [0.5, 0.6) is 5.75 Å². The van der Waals surface area contributed by atoms with Crippen LogP contribution in [0.3, 0.4) is 0 Å². The molecule has 1 amide bonds. The van der Waals surface area contributed by atoms with Crippen LogP contribution in [0.15, 0.2) is 18.2 Å². The highest BCUT2D eigenvalue weighted by Crippen LogP contribution is 2.26. The van der Waals surface area contributed by atoms with Crippen LogP contribution in [0.2, 0.25) is 0 Å². The van der Waals surface area contributed by atoms with Crippen molar-refractivity contribution >= 4 is 17.3 Å². The molecular formula is C15H23N3O3. The maximum Gasteiger partial charge on any atom is 0.238 e. The molecule has 1 saturated heterocycles. The van der Waals surface area contributed by atoms with E-state index in [4.69, 9.17) is 15.2 Å². The number of anilines is 2. The Morgan fingerprint density at radius 3 is 3.10 bits per heavy atom. The molecule has 3 N–H and O–H groups in total. The summed E-state index contributed by atoms with van der Waals surface area (Å²) in [6.07, 6.45) is 0.971. The van der Waals surface area contributed by atoms with E-state index in [1.807, 2.05) is 0 Å². The number of nitrogens with zero attached hydrogens (tertiary/aromatic N) is 1. The van der Waals surface area contributed by atoms with Gasteiger partial charge in [0.15, 0.2) is 0 Å². The van der Waals surface area contributed by atoms with Gasteiger partial charge in [-0.05, 0) is 18.6 Å². The highest BCUT2D eigenvalue weighted by molar-refractivity contribution is 5.94. The van der Waals surface area contributed by atoms with Gasteiger partial charge in [0.1, 0.15) is 5.75 Å². The van der Waals surface area contributed by atoms with Gasteiger partial charge >= 0.3 is 0 Å². The summed E-state index contributed by atoms with van der Waals surface area (Å²) in [5.74, 6) is 0.510. The van der Waals surface area contributed by atoms with Crippen molar-refractivity contribution in [2.75, 3.05) is 44.5 Å². The Bertz CT molecular complexity index is 493. The standard InChI is InChI=1S/C15H23N3O3/c1-3-12-10-21-7-6-18(12)9-15(19)17-13-5-4-11(16)8-14(13)20-2/h4-5,8,12H,3,6-7,9-10,16H2,1-2H3,(H,17,19). The Hall–Kier alpha value is -1.79. The molecule has 1 atom stereocenters. The first-order valence-corrected chi connectivity index (χ1v) is 7.19. The van der Waals surface area contributed by atoms with Gasteiger partial charge in [-0.3, -0.25) is 9.69 Å². The van der Waals surface area contributed by atoms with Gasteiger partial charge in [-0.25, -0.2) is 0 Å². The van der Waals surface area contributed by atoms with Crippen LogP contribution in [0.4, 0.5) is 11.4 Å². The largest absolute Gasteiger partial charge is 0.494 e. The minimum atomic E-state index is -0.0570. The highest BCUT2D eigenvalue weighted by atomic mass is 16.5. The average Bonchev–Trinajstić information content (AvgIpc) is 2.49.